The second-order valence-electron chi connectivity index (χ2n) is 8.65. The van der Waals surface area contributed by atoms with Gasteiger partial charge in [0, 0.05) is 25.7 Å². The van der Waals surface area contributed by atoms with Gasteiger partial charge in [0.25, 0.3) is 0 Å². The van der Waals surface area contributed by atoms with Crippen molar-refractivity contribution in [1.82, 2.24) is 29.5 Å². The van der Waals surface area contributed by atoms with Gasteiger partial charge in [-0.25, -0.2) is 13.1 Å². The van der Waals surface area contributed by atoms with Crippen LogP contribution in [0.5, 0.6) is 0 Å². The number of carbonyl (C=O) groups is 1. The quantitative estimate of drug-likeness (QED) is 0.542. The van der Waals surface area contributed by atoms with Gasteiger partial charge in [-0.15, -0.1) is 5.10 Å². The minimum atomic E-state index is -3.70. The van der Waals surface area contributed by atoms with Crippen LogP contribution in [0.3, 0.4) is 0 Å². The first-order chi connectivity index (χ1) is 15.3. The first kappa shape index (κ1) is 24.6. The minimum absolute atomic E-state index is 0.0558. The van der Waals surface area contributed by atoms with Crippen molar-refractivity contribution >= 4 is 27.0 Å². The van der Waals surface area contributed by atoms with Gasteiger partial charge in [-0.2, -0.15) is 4.31 Å². The molecule has 0 spiro atoms. The van der Waals surface area contributed by atoms with Gasteiger partial charge in [-0.3, -0.25) is 4.79 Å². The van der Waals surface area contributed by atoms with E-state index in [4.69, 9.17) is 0 Å². The van der Waals surface area contributed by atoms with Crippen molar-refractivity contribution in [2.75, 3.05) is 39.3 Å². The van der Waals surface area contributed by atoms with E-state index in [1.165, 1.54) is 4.31 Å². The molecule has 178 valence electrons. The third-order valence-electron chi connectivity index (χ3n) is 6.17. The largest absolute Gasteiger partial charge is 0.356 e. The van der Waals surface area contributed by atoms with E-state index < -0.39 is 10.0 Å². The molecule has 1 aromatic heterocycles. The second kappa shape index (κ2) is 10.7. The summed E-state index contributed by atoms with van der Waals surface area (Å²) < 4.78 is 29.8. The number of carbonyl (C=O) groups excluding carboxylic acids is 1. The molecule has 1 fully saturated rings. The number of aromatic nitrogens is 3. The molecule has 0 saturated carbocycles. The van der Waals surface area contributed by atoms with Crippen molar-refractivity contribution in [2.45, 2.75) is 57.9 Å². The predicted molar refractivity (Wildman–Crippen MR) is 125 cm³/mol. The molecule has 0 bridgehead atoms. The van der Waals surface area contributed by atoms with Crippen LogP contribution >= 0.6 is 0 Å². The number of nitrogens with one attached hydrogen (secondary N) is 1. The van der Waals surface area contributed by atoms with E-state index in [0.717, 1.165) is 31.6 Å². The van der Waals surface area contributed by atoms with Gasteiger partial charge in [0.1, 0.15) is 5.52 Å². The number of fused-ring (bicyclic) bond motifs is 1. The van der Waals surface area contributed by atoms with Crippen LogP contribution in [0.2, 0.25) is 0 Å². The van der Waals surface area contributed by atoms with Crippen LogP contribution in [0.25, 0.3) is 11.0 Å². The van der Waals surface area contributed by atoms with Crippen LogP contribution in [-0.4, -0.2) is 77.8 Å². The summed E-state index contributed by atoms with van der Waals surface area (Å²) >= 11 is 0. The van der Waals surface area contributed by atoms with Crippen molar-refractivity contribution < 1.29 is 13.2 Å². The monoisotopic (exact) mass is 464 g/mol. The Balaban J connectivity index is 1.63. The SMILES string of the molecule is CCN(CC)CCCNC(=O)C1CCCN(S(=O)(=O)c2ccc3c(c2)nnn3C(C)C)C1. The number of sulfonamides is 1. The highest BCUT2D eigenvalue weighted by Gasteiger charge is 2.33. The highest BCUT2D eigenvalue weighted by Crippen LogP contribution is 2.26. The van der Waals surface area contributed by atoms with Gasteiger partial charge < -0.3 is 10.2 Å². The fourth-order valence-electron chi connectivity index (χ4n) is 4.19. The summed E-state index contributed by atoms with van der Waals surface area (Å²) in [5.41, 5.74) is 1.36. The molecule has 1 aromatic carbocycles. The van der Waals surface area contributed by atoms with Crippen molar-refractivity contribution in [1.29, 1.82) is 0 Å². The van der Waals surface area contributed by atoms with Gasteiger partial charge in [-0.1, -0.05) is 19.1 Å². The number of rotatable bonds is 10. The lowest BCUT2D eigenvalue weighted by atomic mass is 9.99. The molecule has 1 atom stereocenters. The Labute approximate surface area is 191 Å². The Bertz CT molecular complexity index is 1020. The summed E-state index contributed by atoms with van der Waals surface area (Å²) in [5, 5.41) is 11.3. The van der Waals surface area contributed by atoms with E-state index in [1.807, 2.05) is 13.8 Å². The third kappa shape index (κ3) is 5.47. The number of hydrogen-bond donors (Lipinski definition) is 1. The van der Waals surface area contributed by atoms with Crippen molar-refractivity contribution in [3.8, 4) is 0 Å². The van der Waals surface area contributed by atoms with E-state index in [2.05, 4.69) is 34.4 Å². The number of piperidine rings is 1. The molecule has 32 heavy (non-hydrogen) atoms. The van der Waals surface area contributed by atoms with Gasteiger partial charge >= 0.3 is 0 Å². The van der Waals surface area contributed by atoms with Crippen molar-refractivity contribution in [2.24, 2.45) is 5.92 Å². The molecule has 2 aromatic rings. The molecule has 9 nitrogen and oxygen atoms in total. The molecule has 1 saturated heterocycles. The number of nitrogens with zero attached hydrogens (tertiary/aromatic N) is 5. The molecule has 0 aliphatic carbocycles. The maximum atomic E-state index is 13.3. The lowest BCUT2D eigenvalue weighted by Crippen LogP contribution is -2.45. The topological polar surface area (TPSA) is 100 Å². The summed E-state index contributed by atoms with van der Waals surface area (Å²) in [7, 11) is -3.70. The first-order valence-corrected chi connectivity index (χ1v) is 13.1. The lowest BCUT2D eigenvalue weighted by molar-refractivity contribution is -0.126. The third-order valence-corrected chi connectivity index (χ3v) is 8.03. The number of benzene rings is 1. The van der Waals surface area contributed by atoms with Crippen LogP contribution < -0.4 is 5.32 Å². The van der Waals surface area contributed by atoms with Gasteiger partial charge in [0.05, 0.1) is 16.3 Å². The van der Waals surface area contributed by atoms with Crippen LogP contribution in [-0.2, 0) is 14.8 Å². The fraction of sp³-hybridized carbons (Fsp3) is 0.682. The Morgan fingerprint density at radius 3 is 2.72 bits per heavy atom. The second-order valence-corrected chi connectivity index (χ2v) is 10.6. The zero-order chi connectivity index (χ0) is 23.3. The molecule has 2 heterocycles. The maximum Gasteiger partial charge on any atom is 0.243 e. The average Bonchev–Trinajstić information content (AvgIpc) is 3.23. The van der Waals surface area contributed by atoms with Crippen LogP contribution in [0.15, 0.2) is 23.1 Å². The Hall–Kier alpha value is -2.04. The summed E-state index contributed by atoms with van der Waals surface area (Å²) in [6.07, 6.45) is 2.26. The maximum absolute atomic E-state index is 13.3. The molecule has 1 N–H and O–H groups in total. The van der Waals surface area contributed by atoms with Crippen LogP contribution in [0.4, 0.5) is 0 Å². The number of amides is 1. The summed E-state index contributed by atoms with van der Waals surface area (Å²) in [6, 6.07) is 5.08. The normalized spacial score (nSPS) is 18.0. The van der Waals surface area contributed by atoms with E-state index in [1.54, 1.807) is 22.9 Å². The van der Waals surface area contributed by atoms with Crippen LogP contribution in [0, 0.1) is 5.92 Å². The minimum Gasteiger partial charge on any atom is -0.356 e. The highest BCUT2D eigenvalue weighted by atomic mass is 32.2. The molecule has 1 aliphatic rings. The lowest BCUT2D eigenvalue weighted by Gasteiger charge is -2.31. The van der Waals surface area contributed by atoms with E-state index in [-0.39, 0.29) is 29.3 Å². The standard InChI is InChI=1S/C22H36N6O3S/c1-5-26(6-2)13-8-12-23-22(29)18-9-7-14-27(16-18)32(30,31)19-10-11-21-20(15-19)24-25-28(21)17(3)4/h10-11,15,17-18H,5-9,12-14,16H2,1-4H3,(H,23,29). The van der Waals surface area contributed by atoms with Gasteiger partial charge in [0.15, 0.2) is 0 Å². The Morgan fingerprint density at radius 2 is 2.03 bits per heavy atom. The fourth-order valence-corrected chi connectivity index (χ4v) is 5.73. The zero-order valence-corrected chi connectivity index (χ0v) is 20.4. The first-order valence-electron chi connectivity index (χ1n) is 11.6. The van der Waals surface area contributed by atoms with Crippen LogP contribution in [0.1, 0.15) is 53.0 Å². The average molecular weight is 465 g/mol. The summed E-state index contributed by atoms with van der Waals surface area (Å²) in [4.78, 5) is 15.2. The Morgan fingerprint density at radius 1 is 1.28 bits per heavy atom. The van der Waals surface area contributed by atoms with Crippen molar-refractivity contribution in [3.05, 3.63) is 18.2 Å². The molecule has 1 aliphatic heterocycles. The summed E-state index contributed by atoms with van der Waals surface area (Å²) in [5.74, 6) is -0.377. The molecule has 1 unspecified atom stereocenters. The van der Waals surface area contributed by atoms with Crippen molar-refractivity contribution in [3.63, 3.8) is 0 Å². The molecule has 0 radical (unpaired) electrons. The molecular weight excluding hydrogens is 428 g/mol. The predicted octanol–water partition coefficient (Wildman–Crippen LogP) is 2.26. The smallest absolute Gasteiger partial charge is 0.243 e. The van der Waals surface area contributed by atoms with Gasteiger partial charge in [-0.05, 0) is 70.9 Å². The van der Waals surface area contributed by atoms with Gasteiger partial charge in [0.2, 0.25) is 15.9 Å². The Kier molecular flexibility index (Phi) is 8.24. The molecular formula is C22H36N6O3S. The van der Waals surface area contributed by atoms with E-state index in [9.17, 15) is 13.2 Å². The highest BCUT2D eigenvalue weighted by molar-refractivity contribution is 7.89. The number of hydrogen-bond acceptors (Lipinski definition) is 6. The van der Waals surface area contributed by atoms with E-state index >= 15 is 0 Å². The molecule has 3 rings (SSSR count). The molecule has 1 amide bonds. The zero-order valence-electron chi connectivity index (χ0n) is 19.6. The summed E-state index contributed by atoms with van der Waals surface area (Å²) in [6.45, 7) is 12.4. The molecule has 10 heteroatoms. The van der Waals surface area contributed by atoms with E-state index in [0.29, 0.717) is 31.4 Å².